The SMILES string of the molecule is COC1OC(C(=O)O)C(OC2OC(CO)C(O)C(OC3OC(C(=O)O)C(OC4OC(CO)C(O)C(OC)C4NC(C)=O)C(O)C3O)C2NC(C)=O)C(O)C1O. The number of carbonyl (C=O) groups excluding carboxylic acids is 2. The fourth-order valence-corrected chi connectivity index (χ4v) is 6.74. The molecule has 4 rings (SSSR count). The first-order valence-electron chi connectivity index (χ1n) is 16.8. The van der Waals surface area contributed by atoms with Crippen LogP contribution in [0.2, 0.25) is 0 Å². The summed E-state index contributed by atoms with van der Waals surface area (Å²) in [6.07, 6.45) is -33.9. The smallest absolute Gasteiger partial charge is 0.335 e. The summed E-state index contributed by atoms with van der Waals surface area (Å²) in [5.74, 6) is -5.01. The molecule has 0 aliphatic carbocycles. The van der Waals surface area contributed by atoms with Gasteiger partial charge in [-0.1, -0.05) is 0 Å². The Morgan fingerprint density at radius 3 is 1.27 bits per heavy atom. The Balaban J connectivity index is 1.63. The van der Waals surface area contributed by atoms with E-state index in [1.54, 1.807) is 0 Å². The van der Waals surface area contributed by atoms with Crippen molar-refractivity contribution in [1.29, 1.82) is 0 Å². The number of carboxylic acid groups (broad SMARTS) is 2. The normalized spacial score (nSPS) is 45.0. The summed E-state index contributed by atoms with van der Waals surface area (Å²) in [6.45, 7) is 0.322. The number of hydrogen-bond donors (Lipinski definition) is 12. The number of amides is 2. The fraction of sp³-hybridized carbons (Fsp3) is 0.867. The van der Waals surface area contributed by atoms with E-state index < -0.39 is 160 Å². The molecule has 0 radical (unpaired) electrons. The summed E-state index contributed by atoms with van der Waals surface area (Å²) < 4.78 is 49.3. The lowest BCUT2D eigenvalue weighted by molar-refractivity contribution is -0.369. The number of methoxy groups -OCH3 is 2. The number of rotatable bonds is 14. The Hall–Kier alpha value is -2.80. The lowest BCUT2D eigenvalue weighted by atomic mass is 9.94. The van der Waals surface area contributed by atoms with Crippen molar-refractivity contribution in [2.75, 3.05) is 27.4 Å². The highest BCUT2D eigenvalue weighted by molar-refractivity contribution is 5.74. The predicted molar refractivity (Wildman–Crippen MR) is 168 cm³/mol. The lowest BCUT2D eigenvalue weighted by Gasteiger charge is -2.50. The maximum absolute atomic E-state index is 12.5. The molecule has 4 aliphatic heterocycles. The van der Waals surface area contributed by atoms with Crippen molar-refractivity contribution in [3.8, 4) is 0 Å². The lowest BCUT2D eigenvalue weighted by Crippen LogP contribution is -2.70. The highest BCUT2D eigenvalue weighted by Gasteiger charge is 2.57. The van der Waals surface area contributed by atoms with Gasteiger partial charge in [0.25, 0.3) is 0 Å². The second-order valence-electron chi connectivity index (χ2n) is 13.1. The molecule has 316 valence electrons. The Morgan fingerprint density at radius 1 is 0.509 bits per heavy atom. The van der Waals surface area contributed by atoms with E-state index in [0.29, 0.717) is 0 Å². The molecule has 20 atom stereocenters. The minimum Gasteiger partial charge on any atom is -0.479 e. The monoisotopic (exact) mass is 804 g/mol. The molecule has 0 aromatic heterocycles. The van der Waals surface area contributed by atoms with Gasteiger partial charge in [-0.3, -0.25) is 9.59 Å². The van der Waals surface area contributed by atoms with Gasteiger partial charge in [0, 0.05) is 28.1 Å². The number of aliphatic carboxylic acids is 2. The van der Waals surface area contributed by atoms with Gasteiger partial charge in [-0.15, -0.1) is 0 Å². The Morgan fingerprint density at radius 2 is 0.891 bits per heavy atom. The molecule has 12 N–H and O–H groups in total. The van der Waals surface area contributed by atoms with E-state index in [0.717, 1.165) is 28.1 Å². The van der Waals surface area contributed by atoms with Crippen LogP contribution in [0.5, 0.6) is 0 Å². The highest BCUT2D eigenvalue weighted by atomic mass is 16.8. The van der Waals surface area contributed by atoms with Crippen LogP contribution in [0, 0.1) is 0 Å². The maximum Gasteiger partial charge on any atom is 0.335 e. The van der Waals surface area contributed by atoms with Gasteiger partial charge in [-0.2, -0.15) is 0 Å². The summed E-state index contributed by atoms with van der Waals surface area (Å²) in [7, 11) is 2.23. The number of aliphatic hydroxyl groups excluding tert-OH is 8. The number of aliphatic hydroxyl groups is 8. The van der Waals surface area contributed by atoms with Crippen LogP contribution in [0.15, 0.2) is 0 Å². The van der Waals surface area contributed by atoms with E-state index in [-0.39, 0.29) is 0 Å². The molecule has 25 heteroatoms. The highest BCUT2D eigenvalue weighted by Crippen LogP contribution is 2.35. The molecule has 4 aliphatic rings. The largest absolute Gasteiger partial charge is 0.479 e. The second-order valence-corrected chi connectivity index (χ2v) is 13.1. The van der Waals surface area contributed by atoms with Gasteiger partial charge in [-0.05, 0) is 0 Å². The average Bonchev–Trinajstić information content (AvgIpc) is 3.12. The minimum absolute atomic E-state index is 0.672. The van der Waals surface area contributed by atoms with Gasteiger partial charge in [0.1, 0.15) is 85.3 Å². The van der Waals surface area contributed by atoms with Crippen molar-refractivity contribution < 1.29 is 113 Å². The first kappa shape index (κ1) is 44.9. The molecule has 0 spiro atoms. The zero-order chi connectivity index (χ0) is 41.0. The third-order valence-corrected chi connectivity index (χ3v) is 9.40. The molecular weight excluding hydrogens is 756 g/mol. The van der Waals surface area contributed by atoms with E-state index in [1.807, 2.05) is 0 Å². The number of hydrogen-bond acceptors (Lipinski definition) is 21. The molecule has 2 amide bonds. The molecule has 0 aromatic rings. The number of carbonyl (C=O) groups is 4. The first-order valence-corrected chi connectivity index (χ1v) is 16.8. The predicted octanol–water partition coefficient (Wildman–Crippen LogP) is -7.97. The fourth-order valence-electron chi connectivity index (χ4n) is 6.74. The van der Waals surface area contributed by atoms with Gasteiger partial charge in [0.2, 0.25) is 11.8 Å². The van der Waals surface area contributed by atoms with Crippen LogP contribution < -0.4 is 10.6 Å². The van der Waals surface area contributed by atoms with Crippen LogP contribution in [0.25, 0.3) is 0 Å². The molecule has 4 heterocycles. The third-order valence-electron chi connectivity index (χ3n) is 9.40. The Labute approximate surface area is 311 Å². The summed E-state index contributed by atoms with van der Waals surface area (Å²) in [5.41, 5.74) is 0. The molecule has 25 nitrogen and oxygen atoms in total. The van der Waals surface area contributed by atoms with Crippen LogP contribution in [0.3, 0.4) is 0 Å². The molecule has 0 bridgehead atoms. The molecule has 4 fully saturated rings. The molecule has 20 unspecified atom stereocenters. The van der Waals surface area contributed by atoms with Crippen LogP contribution in [-0.4, -0.2) is 225 Å². The number of nitrogens with one attached hydrogen (secondary N) is 2. The second kappa shape index (κ2) is 19.1. The zero-order valence-electron chi connectivity index (χ0n) is 29.7. The van der Waals surface area contributed by atoms with E-state index in [2.05, 4.69) is 10.6 Å². The van der Waals surface area contributed by atoms with Crippen molar-refractivity contribution in [3.05, 3.63) is 0 Å². The van der Waals surface area contributed by atoms with Gasteiger partial charge in [0.15, 0.2) is 37.4 Å². The number of ether oxygens (including phenoxy) is 9. The molecule has 0 saturated carbocycles. The molecule has 4 saturated heterocycles. The van der Waals surface area contributed by atoms with Crippen molar-refractivity contribution in [1.82, 2.24) is 10.6 Å². The van der Waals surface area contributed by atoms with Crippen LogP contribution >= 0.6 is 0 Å². The molecule has 0 aromatic carbocycles. The van der Waals surface area contributed by atoms with Crippen molar-refractivity contribution in [2.24, 2.45) is 0 Å². The standard InChI is InChI=1S/C30H48N2O23/c1-7(35)31-11-19(47-3)13(37)9(5-33)49-27(11)52-22-16(40)18(42)30(55-24(22)26(45)46)51-20-12(32-8(2)36)28(50-10(6-34)14(20)38)53-21-15(39)17(41)29(48-4)54-23(21)25(43)44/h9-24,27-30,33-34,37-42H,5-6H2,1-4H3,(H,31,35)(H,32,36)(H,43,44)(H,45,46). The van der Waals surface area contributed by atoms with Crippen molar-refractivity contribution >= 4 is 23.8 Å². The molecule has 55 heavy (non-hydrogen) atoms. The van der Waals surface area contributed by atoms with Crippen LogP contribution in [-0.2, 0) is 61.8 Å². The maximum atomic E-state index is 12.5. The average molecular weight is 805 g/mol. The van der Waals surface area contributed by atoms with Gasteiger partial charge in [0.05, 0.1) is 13.2 Å². The number of carboxylic acids is 2. The van der Waals surface area contributed by atoms with Crippen LogP contribution in [0.4, 0.5) is 0 Å². The Bertz CT molecular complexity index is 1330. The summed E-state index contributed by atoms with van der Waals surface area (Å²) in [6, 6.07) is -3.12. The minimum atomic E-state index is -2.24. The van der Waals surface area contributed by atoms with Crippen LogP contribution in [0.1, 0.15) is 13.8 Å². The topological polar surface area (TPSA) is 378 Å². The van der Waals surface area contributed by atoms with E-state index in [1.165, 1.54) is 0 Å². The summed E-state index contributed by atoms with van der Waals surface area (Å²) in [4.78, 5) is 49.0. The van der Waals surface area contributed by atoms with E-state index >= 15 is 0 Å². The van der Waals surface area contributed by atoms with Crippen molar-refractivity contribution in [3.63, 3.8) is 0 Å². The summed E-state index contributed by atoms with van der Waals surface area (Å²) in [5, 5.41) is 110. The van der Waals surface area contributed by atoms with E-state index in [9.17, 15) is 70.2 Å². The first-order chi connectivity index (χ1) is 25.9. The van der Waals surface area contributed by atoms with Gasteiger partial charge >= 0.3 is 11.9 Å². The quantitative estimate of drug-likeness (QED) is 0.0775. The van der Waals surface area contributed by atoms with Gasteiger partial charge < -0.3 is 104 Å². The van der Waals surface area contributed by atoms with E-state index in [4.69, 9.17) is 42.6 Å². The van der Waals surface area contributed by atoms with Crippen molar-refractivity contribution in [2.45, 2.75) is 137 Å². The Kier molecular flexibility index (Phi) is 15.6. The third kappa shape index (κ3) is 9.67. The van der Waals surface area contributed by atoms with Gasteiger partial charge in [-0.25, -0.2) is 9.59 Å². The molecular formula is C30H48N2O23. The zero-order valence-corrected chi connectivity index (χ0v) is 29.7. The summed E-state index contributed by atoms with van der Waals surface area (Å²) >= 11 is 0.